The van der Waals surface area contributed by atoms with Crippen molar-refractivity contribution in [2.75, 3.05) is 0 Å². The van der Waals surface area contributed by atoms with Gasteiger partial charge in [-0.25, -0.2) is 0 Å². The third-order valence-corrected chi connectivity index (χ3v) is 2.71. The Morgan fingerprint density at radius 3 is 2.93 bits per heavy atom. The molecule has 80 valence electrons. The molecule has 0 aliphatic rings. The van der Waals surface area contributed by atoms with Crippen molar-refractivity contribution >= 4 is 22.5 Å². The second-order valence-corrected chi connectivity index (χ2v) is 4.31. The van der Waals surface area contributed by atoms with Gasteiger partial charge in [0.05, 0.1) is 5.52 Å². The lowest BCUT2D eigenvalue weighted by molar-refractivity contribution is 0.738. The minimum absolute atomic E-state index is 0.165. The Hall–Kier alpha value is -1.06. The molecule has 15 heavy (non-hydrogen) atoms. The second kappa shape index (κ2) is 3.83. The molecular weight excluding hydrogens is 210 g/mol. The average Bonchev–Trinajstić information content (AvgIpc) is 2.41. The molecule has 0 radical (unpaired) electrons. The summed E-state index contributed by atoms with van der Waals surface area (Å²) in [5, 5.41) is 5.71. The van der Waals surface area contributed by atoms with Crippen LogP contribution in [0.1, 0.15) is 12.5 Å². The molecule has 1 heterocycles. The molecule has 0 bridgehead atoms. The molecule has 3 nitrogen and oxygen atoms in total. The molecule has 0 amide bonds. The van der Waals surface area contributed by atoms with E-state index < -0.39 is 0 Å². The number of halogens is 1. The molecular formula is C11H14ClN3. The molecule has 0 aliphatic heterocycles. The van der Waals surface area contributed by atoms with Gasteiger partial charge in [0.1, 0.15) is 0 Å². The maximum Gasteiger partial charge on any atom is 0.158 e. The highest BCUT2D eigenvalue weighted by Crippen LogP contribution is 2.23. The monoisotopic (exact) mass is 223 g/mol. The predicted molar refractivity (Wildman–Crippen MR) is 63.1 cm³/mol. The van der Waals surface area contributed by atoms with E-state index in [1.807, 2.05) is 20.0 Å². The van der Waals surface area contributed by atoms with Crippen LogP contribution in [0.25, 0.3) is 10.9 Å². The van der Waals surface area contributed by atoms with Crippen LogP contribution in [0.15, 0.2) is 18.2 Å². The zero-order valence-corrected chi connectivity index (χ0v) is 9.62. The Kier molecular flexibility index (Phi) is 2.67. The fraction of sp³-hybridized carbons (Fsp3) is 0.364. The first-order chi connectivity index (χ1) is 7.08. The molecule has 0 saturated heterocycles. The molecule has 0 fully saturated rings. The summed E-state index contributed by atoms with van der Waals surface area (Å²) in [6.45, 7) is 2.00. The van der Waals surface area contributed by atoms with E-state index in [4.69, 9.17) is 17.3 Å². The Bertz CT molecular complexity index is 488. The Morgan fingerprint density at radius 2 is 2.27 bits per heavy atom. The van der Waals surface area contributed by atoms with E-state index in [0.717, 1.165) is 17.3 Å². The summed E-state index contributed by atoms with van der Waals surface area (Å²) in [6, 6.07) is 6.34. The Labute approximate surface area is 93.8 Å². The number of hydrogen-bond acceptors (Lipinski definition) is 2. The fourth-order valence-corrected chi connectivity index (χ4v) is 2.03. The highest BCUT2D eigenvalue weighted by atomic mass is 35.5. The van der Waals surface area contributed by atoms with E-state index in [1.165, 1.54) is 5.56 Å². The highest BCUT2D eigenvalue weighted by molar-refractivity contribution is 6.34. The third-order valence-electron chi connectivity index (χ3n) is 2.43. The van der Waals surface area contributed by atoms with Gasteiger partial charge in [0, 0.05) is 18.5 Å². The summed E-state index contributed by atoms with van der Waals surface area (Å²) in [5.41, 5.74) is 8.01. The van der Waals surface area contributed by atoms with E-state index in [2.05, 4.69) is 17.2 Å². The van der Waals surface area contributed by atoms with Crippen molar-refractivity contribution in [2.45, 2.75) is 19.4 Å². The van der Waals surface area contributed by atoms with Gasteiger partial charge in [-0.2, -0.15) is 5.10 Å². The summed E-state index contributed by atoms with van der Waals surface area (Å²) in [4.78, 5) is 0. The molecule has 2 N–H and O–H groups in total. The van der Waals surface area contributed by atoms with Gasteiger partial charge >= 0.3 is 0 Å². The van der Waals surface area contributed by atoms with Gasteiger partial charge in [-0.1, -0.05) is 17.7 Å². The van der Waals surface area contributed by atoms with Crippen LogP contribution in [0.5, 0.6) is 0 Å². The quantitative estimate of drug-likeness (QED) is 0.848. The van der Waals surface area contributed by atoms with Gasteiger partial charge in [-0.15, -0.1) is 0 Å². The summed E-state index contributed by atoms with van der Waals surface area (Å²) in [7, 11) is 1.89. The summed E-state index contributed by atoms with van der Waals surface area (Å²) in [6.07, 6.45) is 0.862. The molecule has 2 aromatic rings. The maximum absolute atomic E-state index is 6.02. The van der Waals surface area contributed by atoms with Crippen molar-refractivity contribution in [2.24, 2.45) is 12.8 Å². The summed E-state index contributed by atoms with van der Waals surface area (Å²) < 4.78 is 1.79. The van der Waals surface area contributed by atoms with Crippen molar-refractivity contribution < 1.29 is 0 Å². The van der Waals surface area contributed by atoms with Gasteiger partial charge in [-0.05, 0) is 31.0 Å². The highest BCUT2D eigenvalue weighted by Gasteiger charge is 2.07. The van der Waals surface area contributed by atoms with Gasteiger partial charge in [0.25, 0.3) is 0 Å². The standard InChI is InChI=1S/C11H14ClN3/c1-7(13)5-8-3-4-10-9(6-8)11(12)14-15(10)2/h3-4,6-7H,5,13H2,1-2H3. The molecule has 0 spiro atoms. The largest absolute Gasteiger partial charge is 0.328 e. The van der Waals surface area contributed by atoms with Crippen LogP contribution in [0, 0.1) is 0 Å². The number of fused-ring (bicyclic) bond motifs is 1. The van der Waals surface area contributed by atoms with Crippen LogP contribution in [-0.4, -0.2) is 15.8 Å². The van der Waals surface area contributed by atoms with Crippen molar-refractivity contribution in [3.8, 4) is 0 Å². The zero-order valence-electron chi connectivity index (χ0n) is 8.87. The fourth-order valence-electron chi connectivity index (χ4n) is 1.77. The number of nitrogens with two attached hydrogens (primary N) is 1. The van der Waals surface area contributed by atoms with Crippen LogP contribution in [0.4, 0.5) is 0 Å². The van der Waals surface area contributed by atoms with Gasteiger partial charge in [-0.3, -0.25) is 4.68 Å². The first-order valence-corrected chi connectivity index (χ1v) is 5.32. The lowest BCUT2D eigenvalue weighted by atomic mass is 10.1. The van der Waals surface area contributed by atoms with Crippen molar-refractivity contribution in [3.63, 3.8) is 0 Å². The second-order valence-electron chi connectivity index (χ2n) is 3.95. The topological polar surface area (TPSA) is 43.8 Å². The molecule has 1 unspecified atom stereocenters. The number of nitrogens with zero attached hydrogens (tertiary/aromatic N) is 2. The van der Waals surface area contributed by atoms with E-state index in [-0.39, 0.29) is 6.04 Å². The number of hydrogen-bond donors (Lipinski definition) is 1. The van der Waals surface area contributed by atoms with Gasteiger partial charge in [0.15, 0.2) is 5.15 Å². The number of aromatic nitrogens is 2. The first-order valence-electron chi connectivity index (χ1n) is 4.94. The molecule has 1 aromatic carbocycles. The van der Waals surface area contributed by atoms with Crippen molar-refractivity contribution in [1.82, 2.24) is 9.78 Å². The Balaban J connectivity index is 2.50. The molecule has 1 aromatic heterocycles. The molecule has 1 atom stereocenters. The smallest absolute Gasteiger partial charge is 0.158 e. The average molecular weight is 224 g/mol. The van der Waals surface area contributed by atoms with E-state index >= 15 is 0 Å². The number of aryl methyl sites for hydroxylation is 1. The Morgan fingerprint density at radius 1 is 1.53 bits per heavy atom. The van der Waals surface area contributed by atoms with E-state index in [0.29, 0.717) is 5.15 Å². The van der Waals surface area contributed by atoms with Crippen LogP contribution in [0.2, 0.25) is 5.15 Å². The summed E-state index contributed by atoms with van der Waals surface area (Å²) >= 11 is 6.02. The van der Waals surface area contributed by atoms with Gasteiger partial charge < -0.3 is 5.73 Å². The third kappa shape index (κ3) is 1.98. The van der Waals surface area contributed by atoms with E-state index in [1.54, 1.807) is 4.68 Å². The summed E-state index contributed by atoms with van der Waals surface area (Å²) in [5.74, 6) is 0. The van der Waals surface area contributed by atoms with Crippen LogP contribution in [-0.2, 0) is 13.5 Å². The lowest BCUT2D eigenvalue weighted by Gasteiger charge is -2.05. The number of rotatable bonds is 2. The first kappa shape index (κ1) is 10.5. The predicted octanol–water partition coefficient (Wildman–Crippen LogP) is 2.12. The molecule has 4 heteroatoms. The van der Waals surface area contributed by atoms with Crippen LogP contribution >= 0.6 is 11.6 Å². The maximum atomic E-state index is 6.02. The van der Waals surface area contributed by atoms with Crippen LogP contribution < -0.4 is 5.73 Å². The molecule has 0 saturated carbocycles. The normalized spacial score (nSPS) is 13.3. The molecule has 2 rings (SSSR count). The zero-order chi connectivity index (χ0) is 11.0. The van der Waals surface area contributed by atoms with E-state index in [9.17, 15) is 0 Å². The minimum atomic E-state index is 0.165. The minimum Gasteiger partial charge on any atom is -0.328 e. The SMILES string of the molecule is CC(N)Cc1ccc2c(c1)c(Cl)nn2C. The van der Waals surface area contributed by atoms with Crippen LogP contribution in [0.3, 0.4) is 0 Å². The van der Waals surface area contributed by atoms with Crippen molar-refractivity contribution in [3.05, 3.63) is 28.9 Å². The molecule has 0 aliphatic carbocycles. The van der Waals surface area contributed by atoms with Crippen molar-refractivity contribution in [1.29, 1.82) is 0 Å². The number of benzene rings is 1. The van der Waals surface area contributed by atoms with Gasteiger partial charge in [0.2, 0.25) is 0 Å². The lowest BCUT2D eigenvalue weighted by Crippen LogP contribution is -2.17.